The molecule has 6 rings (SSSR count). The van der Waals surface area contributed by atoms with Gasteiger partial charge in [-0.25, -0.2) is 4.98 Å². The number of fused-ring (bicyclic) bond motifs is 1. The molecule has 1 amide bonds. The smallest absolute Gasteiger partial charge is 0.226 e. The maximum Gasteiger partial charge on any atom is 0.226 e. The minimum Gasteiger partial charge on any atom is -0.352 e. The SMILES string of the molecule is Cc1ccnc(-n2c(C)cc([C@H]3[C@H](c4ccccn4)NC(=S)N3CCC(=O)Nc3cccc4ccccc34)c2C)c1. The maximum atomic E-state index is 13.2. The number of nitrogens with zero attached hydrogens (tertiary/aromatic N) is 4. The van der Waals surface area contributed by atoms with Crippen LogP contribution >= 0.6 is 12.2 Å². The number of hydrogen-bond acceptors (Lipinski definition) is 4. The number of rotatable bonds is 7. The summed E-state index contributed by atoms with van der Waals surface area (Å²) in [7, 11) is 0. The summed E-state index contributed by atoms with van der Waals surface area (Å²) in [5.41, 5.74) is 6.17. The van der Waals surface area contributed by atoms with Crippen molar-refractivity contribution in [1.29, 1.82) is 0 Å². The van der Waals surface area contributed by atoms with Crippen LogP contribution < -0.4 is 10.6 Å². The Morgan fingerprint density at radius 1 is 0.951 bits per heavy atom. The number of thiocarbonyl (C=S) groups is 1. The van der Waals surface area contributed by atoms with Gasteiger partial charge in [-0.2, -0.15) is 0 Å². The standard InChI is InChI=1S/C33H32N6OS/c1-21-14-17-35-29(19-21)39-22(2)20-26(23(39)3)32-31(28-12-6-7-16-34-28)37-33(41)38(32)18-15-30(40)36-27-13-8-10-24-9-4-5-11-25(24)27/h4-14,16-17,19-20,31-32H,15,18H2,1-3H3,(H,36,40)(H,37,41)/t31-,32-/m0/s1. The van der Waals surface area contributed by atoms with E-state index < -0.39 is 0 Å². The Balaban J connectivity index is 1.31. The second-order valence-electron chi connectivity index (χ2n) is 10.5. The average Bonchev–Trinajstić information content (AvgIpc) is 3.46. The number of anilines is 1. The molecule has 8 heteroatoms. The molecule has 3 aromatic heterocycles. The normalized spacial score (nSPS) is 16.7. The van der Waals surface area contributed by atoms with E-state index in [2.05, 4.69) is 63.0 Å². The van der Waals surface area contributed by atoms with E-state index in [-0.39, 0.29) is 24.4 Å². The molecule has 0 aliphatic carbocycles. The van der Waals surface area contributed by atoms with Crippen LogP contribution in [0.3, 0.4) is 0 Å². The summed E-state index contributed by atoms with van der Waals surface area (Å²) >= 11 is 5.87. The number of benzene rings is 2. The van der Waals surface area contributed by atoms with Crippen LogP contribution in [-0.4, -0.2) is 37.0 Å². The van der Waals surface area contributed by atoms with Crippen molar-refractivity contribution in [2.75, 3.05) is 11.9 Å². The predicted octanol–water partition coefficient (Wildman–Crippen LogP) is 6.35. The van der Waals surface area contributed by atoms with Crippen LogP contribution in [-0.2, 0) is 4.79 Å². The van der Waals surface area contributed by atoms with Crippen molar-refractivity contribution in [3.63, 3.8) is 0 Å². The number of pyridine rings is 2. The van der Waals surface area contributed by atoms with Crippen LogP contribution in [0.2, 0.25) is 0 Å². The molecule has 2 atom stereocenters. The maximum absolute atomic E-state index is 13.2. The Hall–Kier alpha value is -4.56. The first-order chi connectivity index (χ1) is 19.9. The lowest BCUT2D eigenvalue weighted by atomic mass is 9.96. The summed E-state index contributed by atoms with van der Waals surface area (Å²) in [6.07, 6.45) is 3.93. The molecule has 1 aliphatic rings. The minimum atomic E-state index is -0.163. The van der Waals surface area contributed by atoms with Crippen molar-refractivity contribution in [3.05, 3.63) is 119 Å². The van der Waals surface area contributed by atoms with Gasteiger partial charge in [-0.15, -0.1) is 0 Å². The highest BCUT2D eigenvalue weighted by molar-refractivity contribution is 7.80. The molecule has 7 nitrogen and oxygen atoms in total. The molecule has 1 fully saturated rings. The van der Waals surface area contributed by atoms with Gasteiger partial charge >= 0.3 is 0 Å². The van der Waals surface area contributed by atoms with Gasteiger partial charge in [0.05, 0.1) is 17.8 Å². The van der Waals surface area contributed by atoms with Gasteiger partial charge in [0.2, 0.25) is 5.91 Å². The summed E-state index contributed by atoms with van der Waals surface area (Å²) in [4.78, 5) is 24.7. The second kappa shape index (κ2) is 11.1. The lowest BCUT2D eigenvalue weighted by Crippen LogP contribution is -2.33. The molecule has 0 unspecified atom stereocenters. The zero-order valence-corrected chi connectivity index (χ0v) is 24.2. The molecule has 0 spiro atoms. The highest BCUT2D eigenvalue weighted by Gasteiger charge is 2.41. The highest BCUT2D eigenvalue weighted by Crippen LogP contribution is 2.41. The van der Waals surface area contributed by atoms with Crippen molar-refractivity contribution in [1.82, 2.24) is 24.8 Å². The monoisotopic (exact) mass is 560 g/mol. The Morgan fingerprint density at radius 3 is 2.56 bits per heavy atom. The molecule has 206 valence electrons. The molecule has 2 N–H and O–H groups in total. The van der Waals surface area contributed by atoms with Gasteiger partial charge in [-0.05, 0) is 85.9 Å². The molecule has 1 saturated heterocycles. The van der Waals surface area contributed by atoms with Crippen LogP contribution in [0.4, 0.5) is 5.69 Å². The molecule has 4 heterocycles. The number of carbonyl (C=O) groups is 1. The molecule has 0 bridgehead atoms. The first-order valence-corrected chi connectivity index (χ1v) is 14.2. The highest BCUT2D eigenvalue weighted by atomic mass is 32.1. The number of carbonyl (C=O) groups excluding carboxylic acids is 1. The number of hydrogen-bond donors (Lipinski definition) is 2. The van der Waals surface area contributed by atoms with Crippen LogP contribution in [0.25, 0.3) is 16.6 Å². The molecule has 0 radical (unpaired) electrons. The summed E-state index contributed by atoms with van der Waals surface area (Å²) in [5.74, 6) is 0.828. The van der Waals surface area contributed by atoms with Gasteiger partial charge < -0.3 is 20.1 Å². The molecular formula is C33H32N6OS. The fourth-order valence-corrected chi connectivity index (χ4v) is 6.17. The van der Waals surface area contributed by atoms with E-state index in [9.17, 15) is 4.79 Å². The van der Waals surface area contributed by atoms with E-state index in [0.29, 0.717) is 11.7 Å². The summed E-state index contributed by atoms with van der Waals surface area (Å²) in [5, 5.41) is 9.35. The van der Waals surface area contributed by atoms with E-state index in [0.717, 1.165) is 50.5 Å². The molecule has 0 saturated carbocycles. The van der Waals surface area contributed by atoms with Gasteiger partial charge in [0, 0.05) is 47.8 Å². The zero-order valence-electron chi connectivity index (χ0n) is 23.3. The minimum absolute atomic E-state index is 0.0568. The van der Waals surface area contributed by atoms with E-state index in [1.807, 2.05) is 72.9 Å². The van der Waals surface area contributed by atoms with Crippen LogP contribution in [0.15, 0.2) is 91.3 Å². The van der Waals surface area contributed by atoms with E-state index >= 15 is 0 Å². The van der Waals surface area contributed by atoms with Crippen LogP contribution in [0.5, 0.6) is 0 Å². The van der Waals surface area contributed by atoms with E-state index in [4.69, 9.17) is 12.2 Å². The average molecular weight is 561 g/mol. The Labute approximate surface area is 245 Å². The first-order valence-electron chi connectivity index (χ1n) is 13.8. The van der Waals surface area contributed by atoms with Crippen LogP contribution in [0.1, 0.15) is 46.7 Å². The topological polar surface area (TPSA) is 75.1 Å². The molecule has 2 aromatic carbocycles. The Bertz CT molecular complexity index is 1740. The number of nitrogens with one attached hydrogen (secondary N) is 2. The van der Waals surface area contributed by atoms with Gasteiger partial charge in [0.25, 0.3) is 0 Å². The van der Waals surface area contributed by atoms with Crippen molar-refractivity contribution >= 4 is 39.7 Å². The molecular weight excluding hydrogens is 528 g/mol. The fraction of sp³-hybridized carbons (Fsp3) is 0.212. The van der Waals surface area contributed by atoms with E-state index in [1.165, 1.54) is 0 Å². The summed E-state index contributed by atoms with van der Waals surface area (Å²) in [6, 6.07) is 25.9. The van der Waals surface area contributed by atoms with Gasteiger partial charge in [0.1, 0.15) is 5.82 Å². The van der Waals surface area contributed by atoms with Crippen molar-refractivity contribution in [2.24, 2.45) is 0 Å². The van der Waals surface area contributed by atoms with Gasteiger partial charge in [-0.1, -0.05) is 42.5 Å². The number of aromatic nitrogens is 3. The third-order valence-electron chi connectivity index (χ3n) is 7.76. The Morgan fingerprint density at radius 2 is 1.76 bits per heavy atom. The first kappa shape index (κ1) is 26.7. The van der Waals surface area contributed by atoms with Crippen molar-refractivity contribution in [3.8, 4) is 5.82 Å². The largest absolute Gasteiger partial charge is 0.352 e. The lowest BCUT2D eigenvalue weighted by Gasteiger charge is -2.28. The molecule has 41 heavy (non-hydrogen) atoms. The molecule has 1 aliphatic heterocycles. The lowest BCUT2D eigenvalue weighted by molar-refractivity contribution is -0.116. The van der Waals surface area contributed by atoms with Crippen molar-refractivity contribution in [2.45, 2.75) is 39.3 Å². The summed E-state index contributed by atoms with van der Waals surface area (Å²) < 4.78 is 2.19. The number of aryl methyl sites for hydroxylation is 2. The quantitative estimate of drug-likeness (QED) is 0.226. The number of amides is 1. The van der Waals surface area contributed by atoms with E-state index in [1.54, 1.807) is 6.20 Å². The fourth-order valence-electron chi connectivity index (χ4n) is 5.84. The van der Waals surface area contributed by atoms with Crippen LogP contribution in [0, 0.1) is 20.8 Å². The second-order valence-corrected chi connectivity index (χ2v) is 10.9. The van der Waals surface area contributed by atoms with Gasteiger partial charge in [0.15, 0.2) is 5.11 Å². The zero-order chi connectivity index (χ0) is 28.5. The molecule has 5 aromatic rings. The van der Waals surface area contributed by atoms with Gasteiger partial charge in [-0.3, -0.25) is 9.78 Å². The summed E-state index contributed by atoms with van der Waals surface area (Å²) in [6.45, 7) is 6.75. The predicted molar refractivity (Wildman–Crippen MR) is 167 cm³/mol. The third kappa shape index (κ3) is 5.18. The third-order valence-corrected chi connectivity index (χ3v) is 8.11. The van der Waals surface area contributed by atoms with Crippen molar-refractivity contribution < 1.29 is 4.79 Å². The Kier molecular flexibility index (Phi) is 7.24.